The number of nitrogens with two attached hydrogens (primary N) is 1. The summed E-state index contributed by atoms with van der Waals surface area (Å²) >= 11 is 12.4. The topological polar surface area (TPSA) is 92.3 Å². The maximum Gasteiger partial charge on any atom is 0.211 e. The van der Waals surface area contributed by atoms with E-state index in [1.165, 1.54) is 0 Å². The number of piperidine rings is 1. The zero-order valence-electron chi connectivity index (χ0n) is 15.5. The van der Waals surface area contributed by atoms with Gasteiger partial charge in [-0.1, -0.05) is 23.2 Å². The van der Waals surface area contributed by atoms with E-state index in [9.17, 15) is 0 Å². The predicted molar refractivity (Wildman–Crippen MR) is 113 cm³/mol. The molecule has 1 saturated heterocycles. The van der Waals surface area contributed by atoms with Crippen molar-refractivity contribution in [3.05, 3.63) is 58.0 Å². The Bertz CT molecular complexity index is 910. The first-order chi connectivity index (χ1) is 13.4. The zero-order chi connectivity index (χ0) is 19.7. The Morgan fingerprint density at radius 3 is 2.57 bits per heavy atom. The fourth-order valence-corrected chi connectivity index (χ4v) is 4.02. The molecule has 9 heteroatoms. The molecule has 3 heterocycles. The van der Waals surface area contributed by atoms with E-state index in [0.29, 0.717) is 21.7 Å². The largest absolute Gasteiger partial charge is 0.367 e. The maximum atomic E-state index is 6.63. The molecule has 5 N–H and O–H groups in total. The molecule has 0 bridgehead atoms. The predicted octanol–water partition coefficient (Wildman–Crippen LogP) is 2.18. The third-order valence-corrected chi connectivity index (χ3v) is 5.41. The number of hydrogen-bond acceptors (Lipinski definition) is 6. The molecule has 1 aromatic carbocycles. The number of nitrogens with one attached hydrogen (secondary N) is 3. The molecule has 4 rings (SSSR count). The van der Waals surface area contributed by atoms with E-state index < -0.39 is 5.79 Å². The van der Waals surface area contributed by atoms with Crippen molar-refractivity contribution in [2.45, 2.75) is 24.7 Å². The van der Waals surface area contributed by atoms with Gasteiger partial charge in [-0.3, -0.25) is 10.4 Å². The summed E-state index contributed by atoms with van der Waals surface area (Å²) in [6.07, 6.45) is 7.68. The quantitative estimate of drug-likeness (QED) is 0.611. The van der Waals surface area contributed by atoms with E-state index in [1.807, 2.05) is 25.6 Å². The second-order valence-corrected chi connectivity index (χ2v) is 8.03. The molecule has 1 atom stereocenters. The lowest BCUT2D eigenvalue weighted by atomic mass is 10.0. The van der Waals surface area contributed by atoms with Crippen LogP contribution >= 0.6 is 23.2 Å². The van der Waals surface area contributed by atoms with Crippen LogP contribution in [-0.2, 0) is 12.8 Å². The van der Waals surface area contributed by atoms with Gasteiger partial charge in [0.2, 0.25) is 5.79 Å². The van der Waals surface area contributed by atoms with Gasteiger partial charge >= 0.3 is 0 Å². The van der Waals surface area contributed by atoms with Crippen molar-refractivity contribution in [2.75, 3.05) is 13.1 Å². The Labute approximate surface area is 174 Å². The normalized spacial score (nSPS) is 23.0. The van der Waals surface area contributed by atoms with Crippen molar-refractivity contribution >= 4 is 34.6 Å². The molecule has 28 heavy (non-hydrogen) atoms. The molecule has 0 radical (unpaired) electrons. The lowest BCUT2D eigenvalue weighted by molar-refractivity contribution is 0.398. The van der Waals surface area contributed by atoms with E-state index in [0.717, 1.165) is 42.9 Å². The van der Waals surface area contributed by atoms with Crippen LogP contribution in [-0.4, -0.2) is 34.7 Å². The van der Waals surface area contributed by atoms with E-state index >= 15 is 0 Å². The standard InChI is InChI=1S/C19H23Cl2N7/c1-28-11-12(9-25-28)17-10-24-19(22,13-6-14(20)8-15(21)7-13)27-18(17)26-16-2-4-23-5-3-16/h6-11,16,23-24H,2-5,22H2,1H3,(H,26,27). The summed E-state index contributed by atoms with van der Waals surface area (Å²) in [4.78, 5) is 4.86. The van der Waals surface area contributed by atoms with Crippen LogP contribution in [0.4, 0.5) is 0 Å². The highest BCUT2D eigenvalue weighted by molar-refractivity contribution is 6.34. The summed E-state index contributed by atoms with van der Waals surface area (Å²) in [6.45, 7) is 1.96. The van der Waals surface area contributed by atoms with E-state index in [4.69, 9.17) is 33.9 Å². The number of halogens is 2. The van der Waals surface area contributed by atoms with Crippen molar-refractivity contribution in [1.29, 1.82) is 0 Å². The molecule has 1 aromatic heterocycles. The van der Waals surface area contributed by atoms with E-state index in [2.05, 4.69) is 21.0 Å². The van der Waals surface area contributed by atoms with Gasteiger partial charge in [0, 0.05) is 52.2 Å². The summed E-state index contributed by atoms with van der Waals surface area (Å²) in [5.41, 5.74) is 9.19. The van der Waals surface area contributed by atoms with Crippen LogP contribution in [0.15, 0.2) is 41.8 Å². The van der Waals surface area contributed by atoms with Crippen LogP contribution in [0.1, 0.15) is 24.0 Å². The van der Waals surface area contributed by atoms with Crippen molar-refractivity contribution in [2.24, 2.45) is 17.8 Å². The zero-order valence-corrected chi connectivity index (χ0v) is 17.1. The maximum absolute atomic E-state index is 6.63. The van der Waals surface area contributed by atoms with Gasteiger partial charge in [0.15, 0.2) is 0 Å². The van der Waals surface area contributed by atoms with Gasteiger partial charge in [0.1, 0.15) is 5.84 Å². The Morgan fingerprint density at radius 1 is 1.21 bits per heavy atom. The van der Waals surface area contributed by atoms with Crippen LogP contribution < -0.4 is 21.7 Å². The molecule has 1 fully saturated rings. The average Bonchev–Trinajstić information content (AvgIpc) is 3.08. The van der Waals surface area contributed by atoms with Crippen molar-refractivity contribution in [1.82, 2.24) is 25.7 Å². The Kier molecular flexibility index (Phi) is 5.33. The smallest absolute Gasteiger partial charge is 0.211 e. The third-order valence-electron chi connectivity index (χ3n) is 4.98. The van der Waals surface area contributed by atoms with Crippen LogP contribution in [0, 0.1) is 0 Å². The number of aromatic nitrogens is 2. The highest BCUT2D eigenvalue weighted by Gasteiger charge is 2.32. The first kappa shape index (κ1) is 19.3. The van der Waals surface area contributed by atoms with Crippen LogP contribution in [0.2, 0.25) is 10.0 Å². The average molecular weight is 420 g/mol. The Morgan fingerprint density at radius 2 is 1.93 bits per heavy atom. The fraction of sp³-hybridized carbons (Fsp3) is 0.368. The van der Waals surface area contributed by atoms with Gasteiger partial charge in [0.05, 0.1) is 6.20 Å². The molecule has 0 amide bonds. The van der Waals surface area contributed by atoms with Crippen molar-refractivity contribution in [3.8, 4) is 0 Å². The molecule has 0 saturated carbocycles. The van der Waals surface area contributed by atoms with Gasteiger partial charge in [0.25, 0.3) is 0 Å². The minimum absolute atomic E-state index is 0.324. The van der Waals surface area contributed by atoms with Gasteiger partial charge < -0.3 is 16.0 Å². The number of benzene rings is 1. The third kappa shape index (κ3) is 4.03. The van der Waals surface area contributed by atoms with Crippen LogP contribution in [0.25, 0.3) is 5.57 Å². The summed E-state index contributed by atoms with van der Waals surface area (Å²) in [7, 11) is 1.89. The lowest BCUT2D eigenvalue weighted by Gasteiger charge is -2.34. The lowest BCUT2D eigenvalue weighted by Crippen LogP contribution is -2.52. The molecule has 1 unspecified atom stereocenters. The highest BCUT2D eigenvalue weighted by atomic mass is 35.5. The number of nitrogens with zero attached hydrogens (tertiary/aromatic N) is 3. The highest BCUT2D eigenvalue weighted by Crippen LogP contribution is 2.30. The van der Waals surface area contributed by atoms with E-state index in [-0.39, 0.29) is 0 Å². The molecule has 7 nitrogen and oxygen atoms in total. The summed E-state index contributed by atoms with van der Waals surface area (Å²) in [6, 6.07) is 5.54. The van der Waals surface area contributed by atoms with Gasteiger partial charge in [-0.2, -0.15) is 5.10 Å². The molecular formula is C19H23Cl2N7. The molecular weight excluding hydrogens is 397 g/mol. The number of hydrogen-bond donors (Lipinski definition) is 4. The number of aryl methyl sites for hydroxylation is 1. The second kappa shape index (κ2) is 7.75. The SMILES string of the molecule is Cn1cc(C2=CNC(N)(c3cc(Cl)cc(Cl)c3)N=C2NC2CCNCC2)cn1. The number of aliphatic imine (C=N–C) groups is 1. The van der Waals surface area contributed by atoms with Gasteiger partial charge in [-0.25, -0.2) is 4.99 Å². The van der Waals surface area contributed by atoms with Crippen LogP contribution in [0.5, 0.6) is 0 Å². The molecule has 0 aliphatic carbocycles. The first-order valence-electron chi connectivity index (χ1n) is 9.23. The van der Waals surface area contributed by atoms with Gasteiger partial charge in [-0.05, 0) is 44.1 Å². The fourth-order valence-electron chi connectivity index (χ4n) is 3.49. The Balaban J connectivity index is 1.71. The first-order valence-corrected chi connectivity index (χ1v) is 9.98. The molecule has 2 aromatic rings. The molecule has 2 aliphatic heterocycles. The molecule has 148 valence electrons. The summed E-state index contributed by atoms with van der Waals surface area (Å²) in [5, 5.41) is 15.5. The number of amidine groups is 1. The molecule has 0 spiro atoms. The molecule has 2 aliphatic rings. The minimum Gasteiger partial charge on any atom is -0.367 e. The van der Waals surface area contributed by atoms with Crippen molar-refractivity contribution in [3.63, 3.8) is 0 Å². The minimum atomic E-state index is -1.17. The van der Waals surface area contributed by atoms with Crippen LogP contribution in [0.3, 0.4) is 0 Å². The summed E-state index contributed by atoms with van der Waals surface area (Å²) in [5.74, 6) is -0.438. The Hall–Kier alpha value is -2.06. The van der Waals surface area contributed by atoms with Gasteiger partial charge in [-0.15, -0.1) is 0 Å². The van der Waals surface area contributed by atoms with Crippen molar-refractivity contribution < 1.29 is 0 Å². The number of rotatable bonds is 3. The summed E-state index contributed by atoms with van der Waals surface area (Å²) < 4.78 is 1.76. The second-order valence-electron chi connectivity index (χ2n) is 7.16. The monoisotopic (exact) mass is 419 g/mol. The van der Waals surface area contributed by atoms with E-state index in [1.54, 1.807) is 22.9 Å².